The van der Waals surface area contributed by atoms with Gasteiger partial charge in [-0.1, -0.05) is 29.8 Å². The van der Waals surface area contributed by atoms with E-state index in [4.69, 9.17) is 11.6 Å². The molecule has 4 N–H and O–H groups in total. The van der Waals surface area contributed by atoms with E-state index in [1.807, 2.05) is 59.7 Å². The first kappa shape index (κ1) is 27.8. The SMILES string of the molecule is CC1=C/C(=C(\c2ccc(Cl)cc2)c2ccc(N(CCO)CCO)c(C)c2)C=CC1=[N+](CCO)CCO. The lowest BCUT2D eigenvalue weighted by Gasteiger charge is -2.26. The van der Waals surface area contributed by atoms with E-state index >= 15 is 0 Å². The zero-order chi connectivity index (χ0) is 26.1. The van der Waals surface area contributed by atoms with Crippen LogP contribution in [0.4, 0.5) is 5.69 Å². The van der Waals surface area contributed by atoms with Crippen molar-refractivity contribution in [1.29, 1.82) is 0 Å². The van der Waals surface area contributed by atoms with Crippen LogP contribution in [-0.4, -0.2) is 83.3 Å². The van der Waals surface area contributed by atoms with Crippen LogP contribution in [0.3, 0.4) is 0 Å². The molecule has 0 heterocycles. The molecule has 0 radical (unpaired) electrons. The molecule has 6 nitrogen and oxygen atoms in total. The van der Waals surface area contributed by atoms with Crippen LogP contribution in [0.1, 0.15) is 23.6 Å². The van der Waals surface area contributed by atoms with E-state index in [1.54, 1.807) is 0 Å². The zero-order valence-electron chi connectivity index (χ0n) is 21.0. The Labute approximate surface area is 218 Å². The quantitative estimate of drug-likeness (QED) is 0.348. The van der Waals surface area contributed by atoms with Crippen LogP contribution in [0.25, 0.3) is 5.57 Å². The third kappa shape index (κ3) is 6.72. The lowest BCUT2D eigenvalue weighted by atomic mass is 9.88. The number of hydrogen-bond donors (Lipinski definition) is 4. The number of anilines is 1. The van der Waals surface area contributed by atoms with Crippen molar-refractivity contribution in [2.45, 2.75) is 13.8 Å². The number of hydrogen-bond acceptors (Lipinski definition) is 5. The van der Waals surface area contributed by atoms with Crippen molar-refractivity contribution in [3.8, 4) is 0 Å². The summed E-state index contributed by atoms with van der Waals surface area (Å²) in [6.45, 7) is 5.93. The fraction of sp³-hybridized carbons (Fsp3) is 0.345. The van der Waals surface area contributed by atoms with E-state index in [9.17, 15) is 20.4 Å². The molecule has 0 aliphatic heterocycles. The van der Waals surface area contributed by atoms with Gasteiger partial charge in [0.25, 0.3) is 0 Å². The Morgan fingerprint density at radius 2 is 1.42 bits per heavy atom. The summed E-state index contributed by atoms with van der Waals surface area (Å²) in [5.74, 6) is 0. The van der Waals surface area contributed by atoms with Crippen molar-refractivity contribution < 1.29 is 25.0 Å². The van der Waals surface area contributed by atoms with E-state index in [1.165, 1.54) is 0 Å². The number of allylic oxidation sites excluding steroid dienone is 5. The van der Waals surface area contributed by atoms with Gasteiger partial charge in [-0.2, -0.15) is 0 Å². The van der Waals surface area contributed by atoms with Crippen LogP contribution in [0.15, 0.2) is 71.8 Å². The molecule has 0 fully saturated rings. The molecule has 192 valence electrons. The third-order valence-electron chi connectivity index (χ3n) is 6.26. The molecule has 1 aliphatic carbocycles. The van der Waals surface area contributed by atoms with Crippen LogP contribution in [-0.2, 0) is 0 Å². The highest BCUT2D eigenvalue weighted by molar-refractivity contribution is 6.30. The van der Waals surface area contributed by atoms with Crippen molar-refractivity contribution in [2.24, 2.45) is 0 Å². The number of aliphatic hydroxyl groups excluding tert-OH is 4. The van der Waals surface area contributed by atoms with Crippen molar-refractivity contribution in [1.82, 2.24) is 0 Å². The number of rotatable bonds is 11. The molecular formula is C29H36ClN2O4+. The van der Waals surface area contributed by atoms with Gasteiger partial charge in [-0.15, -0.1) is 0 Å². The Kier molecular flexibility index (Phi) is 10.5. The molecule has 36 heavy (non-hydrogen) atoms. The standard InChI is InChI=1S/C29H36ClN2O4/c1-21-19-24(5-9-27(21)31(11-15-33)12-16-34)29(23-3-7-26(30)8-4-23)25-6-10-28(22(2)20-25)32(13-17-35)14-18-36/h3-10,19-20,33-36H,11-18H2,1-2H3/q+1. The molecule has 0 saturated heterocycles. The average Bonchev–Trinajstić information content (AvgIpc) is 2.86. The first-order valence-electron chi connectivity index (χ1n) is 12.2. The van der Waals surface area contributed by atoms with Gasteiger partial charge in [0.05, 0.1) is 13.2 Å². The van der Waals surface area contributed by atoms with Gasteiger partial charge in [-0.05, 0) is 78.1 Å². The van der Waals surface area contributed by atoms with Gasteiger partial charge in [0.1, 0.15) is 13.2 Å². The van der Waals surface area contributed by atoms with Gasteiger partial charge in [0.15, 0.2) is 13.1 Å². The van der Waals surface area contributed by atoms with Gasteiger partial charge in [-0.25, -0.2) is 4.58 Å². The second-order valence-electron chi connectivity index (χ2n) is 8.75. The molecule has 0 atom stereocenters. The number of aryl methyl sites for hydroxylation is 1. The van der Waals surface area contributed by atoms with E-state index in [2.05, 4.69) is 24.3 Å². The Hall–Kier alpha value is -2.74. The Morgan fingerprint density at radius 3 is 1.94 bits per heavy atom. The highest BCUT2D eigenvalue weighted by atomic mass is 35.5. The zero-order valence-corrected chi connectivity index (χ0v) is 21.7. The summed E-state index contributed by atoms with van der Waals surface area (Å²) in [5, 5.41) is 38.5. The molecule has 2 aromatic rings. The van der Waals surface area contributed by atoms with Crippen molar-refractivity contribution in [3.05, 3.63) is 93.6 Å². The summed E-state index contributed by atoms with van der Waals surface area (Å²) in [5.41, 5.74) is 8.23. The lowest BCUT2D eigenvalue weighted by Crippen LogP contribution is -2.30. The van der Waals surface area contributed by atoms with Crippen LogP contribution in [0.2, 0.25) is 5.02 Å². The maximum absolute atomic E-state index is 9.46. The Bertz CT molecular complexity index is 1150. The van der Waals surface area contributed by atoms with E-state index in [-0.39, 0.29) is 26.4 Å². The van der Waals surface area contributed by atoms with Crippen molar-refractivity contribution in [2.75, 3.05) is 57.5 Å². The molecule has 7 heteroatoms. The van der Waals surface area contributed by atoms with Crippen molar-refractivity contribution >= 4 is 28.6 Å². The van der Waals surface area contributed by atoms with Crippen LogP contribution < -0.4 is 4.90 Å². The summed E-state index contributed by atoms with van der Waals surface area (Å²) in [7, 11) is 0. The first-order chi connectivity index (χ1) is 17.4. The number of aliphatic hydroxyl groups is 4. The fourth-order valence-electron chi connectivity index (χ4n) is 4.64. The summed E-state index contributed by atoms with van der Waals surface area (Å²) < 4.78 is 1.98. The van der Waals surface area contributed by atoms with Gasteiger partial charge in [0, 0.05) is 35.4 Å². The molecule has 1 aliphatic rings. The van der Waals surface area contributed by atoms with Crippen LogP contribution in [0, 0.1) is 6.92 Å². The largest absolute Gasteiger partial charge is 0.395 e. The second kappa shape index (κ2) is 13.5. The molecule has 0 amide bonds. The number of nitrogens with zero attached hydrogens (tertiary/aromatic N) is 2. The second-order valence-corrected chi connectivity index (χ2v) is 9.19. The lowest BCUT2D eigenvalue weighted by molar-refractivity contribution is -0.531. The maximum atomic E-state index is 9.46. The van der Waals surface area contributed by atoms with Gasteiger partial charge >= 0.3 is 0 Å². The highest BCUT2D eigenvalue weighted by Crippen LogP contribution is 2.34. The maximum Gasteiger partial charge on any atom is 0.203 e. The summed E-state index contributed by atoms with van der Waals surface area (Å²) in [6, 6.07) is 14.0. The highest BCUT2D eigenvalue weighted by Gasteiger charge is 2.20. The molecule has 0 unspecified atom stereocenters. The molecular weight excluding hydrogens is 476 g/mol. The minimum atomic E-state index is 0.0124. The predicted octanol–water partition coefficient (Wildman–Crippen LogP) is 3.20. The topological polar surface area (TPSA) is 87.2 Å². The molecule has 2 aromatic carbocycles. The number of halogens is 1. The minimum absolute atomic E-state index is 0.0124. The summed E-state index contributed by atoms with van der Waals surface area (Å²) in [4.78, 5) is 1.98. The molecule has 0 spiro atoms. The Balaban J connectivity index is 2.15. The molecule has 0 bridgehead atoms. The fourth-order valence-corrected chi connectivity index (χ4v) is 4.76. The predicted molar refractivity (Wildman–Crippen MR) is 147 cm³/mol. The molecule has 3 rings (SSSR count). The van der Waals surface area contributed by atoms with Crippen molar-refractivity contribution in [3.63, 3.8) is 0 Å². The smallest absolute Gasteiger partial charge is 0.203 e. The van der Waals surface area contributed by atoms with E-state index in [0.29, 0.717) is 31.2 Å². The van der Waals surface area contributed by atoms with Crippen LogP contribution in [0.5, 0.6) is 0 Å². The van der Waals surface area contributed by atoms with E-state index < -0.39 is 0 Å². The number of benzene rings is 2. The van der Waals surface area contributed by atoms with E-state index in [0.717, 1.165) is 44.8 Å². The first-order valence-corrected chi connectivity index (χ1v) is 12.6. The van der Waals surface area contributed by atoms with Gasteiger partial charge < -0.3 is 25.3 Å². The third-order valence-corrected chi connectivity index (χ3v) is 6.52. The normalized spacial score (nSPS) is 14.6. The average molecular weight is 512 g/mol. The Morgan fingerprint density at radius 1 is 0.806 bits per heavy atom. The van der Waals surface area contributed by atoms with Gasteiger partial charge in [0.2, 0.25) is 5.71 Å². The van der Waals surface area contributed by atoms with Crippen LogP contribution >= 0.6 is 11.6 Å². The van der Waals surface area contributed by atoms with Gasteiger partial charge in [-0.3, -0.25) is 0 Å². The minimum Gasteiger partial charge on any atom is -0.395 e. The monoisotopic (exact) mass is 511 g/mol. The summed E-state index contributed by atoms with van der Waals surface area (Å²) in [6.07, 6.45) is 6.24. The molecule has 0 saturated carbocycles. The molecule has 0 aromatic heterocycles. The summed E-state index contributed by atoms with van der Waals surface area (Å²) >= 11 is 6.19.